The van der Waals surface area contributed by atoms with Crippen molar-refractivity contribution in [2.45, 2.75) is 0 Å². The Morgan fingerprint density at radius 2 is 0.652 bits per heavy atom. The summed E-state index contributed by atoms with van der Waals surface area (Å²) in [4.78, 5) is 0. The molecule has 9 aromatic carbocycles. The van der Waals surface area contributed by atoms with Crippen molar-refractivity contribution in [1.29, 1.82) is 0 Å². The monoisotopic (exact) mass is 582 g/mol. The zero-order valence-electron chi connectivity index (χ0n) is 25.3. The zero-order chi connectivity index (χ0) is 30.5. The highest BCUT2D eigenvalue weighted by molar-refractivity contribution is 6.24. The molecule has 0 aromatic heterocycles. The van der Waals surface area contributed by atoms with E-state index in [1.165, 1.54) is 87.6 Å². The average molecular weight is 583 g/mol. The third-order valence-corrected chi connectivity index (χ3v) is 9.46. The molecular weight excluding hydrogens is 553 g/mol. The average Bonchev–Trinajstić information content (AvgIpc) is 3.13. The van der Waals surface area contributed by atoms with E-state index in [1.807, 2.05) is 0 Å². The highest BCUT2D eigenvalue weighted by atomic mass is 14.2. The maximum Gasteiger partial charge on any atom is -0.00199 e. The number of benzene rings is 9. The van der Waals surface area contributed by atoms with E-state index in [0.29, 0.717) is 0 Å². The van der Waals surface area contributed by atoms with Crippen LogP contribution in [-0.2, 0) is 0 Å². The first kappa shape index (κ1) is 26.4. The normalized spacial score (nSPS) is 11.5. The molecule has 9 rings (SSSR count). The van der Waals surface area contributed by atoms with Crippen LogP contribution in [0, 0.1) is 0 Å². The highest BCUT2D eigenvalue weighted by Crippen LogP contribution is 2.48. The minimum atomic E-state index is 1.22. The fraction of sp³-hybridized carbons (Fsp3) is 0. The third kappa shape index (κ3) is 4.23. The van der Waals surface area contributed by atoms with Gasteiger partial charge in [-0.1, -0.05) is 176 Å². The lowest BCUT2D eigenvalue weighted by atomic mass is 9.82. The van der Waals surface area contributed by atoms with Gasteiger partial charge in [0.2, 0.25) is 0 Å². The minimum Gasteiger partial charge on any atom is -0.0622 e. The molecule has 0 saturated carbocycles. The van der Waals surface area contributed by atoms with Gasteiger partial charge in [-0.25, -0.2) is 0 Å². The van der Waals surface area contributed by atoms with E-state index in [4.69, 9.17) is 0 Å². The van der Waals surface area contributed by atoms with Crippen molar-refractivity contribution in [3.63, 3.8) is 0 Å². The third-order valence-electron chi connectivity index (χ3n) is 9.46. The summed E-state index contributed by atoms with van der Waals surface area (Å²) in [6.07, 6.45) is 0. The number of hydrogen-bond donors (Lipinski definition) is 0. The molecule has 0 aliphatic rings. The van der Waals surface area contributed by atoms with Crippen molar-refractivity contribution in [3.05, 3.63) is 182 Å². The van der Waals surface area contributed by atoms with E-state index in [2.05, 4.69) is 182 Å². The van der Waals surface area contributed by atoms with Crippen LogP contribution in [-0.4, -0.2) is 0 Å². The fourth-order valence-corrected chi connectivity index (χ4v) is 7.42. The van der Waals surface area contributed by atoms with Crippen molar-refractivity contribution >= 4 is 43.1 Å². The summed E-state index contributed by atoms with van der Waals surface area (Å²) in [5, 5.41) is 10.1. The van der Waals surface area contributed by atoms with Crippen LogP contribution < -0.4 is 0 Å². The summed E-state index contributed by atoms with van der Waals surface area (Å²) in [6.45, 7) is 0. The van der Waals surface area contributed by atoms with Crippen LogP contribution in [0.25, 0.3) is 87.6 Å². The SMILES string of the molecule is c1ccc(-c2ccc(-c3cccc4ccccc34)cc2-c2c3ccccc3c(-c3cccc4ccccc34)c3ccccc23)cc1. The summed E-state index contributed by atoms with van der Waals surface area (Å²) in [7, 11) is 0. The first-order valence-corrected chi connectivity index (χ1v) is 15.9. The van der Waals surface area contributed by atoms with Gasteiger partial charge < -0.3 is 0 Å². The Morgan fingerprint density at radius 3 is 1.24 bits per heavy atom. The van der Waals surface area contributed by atoms with Crippen LogP contribution in [0.5, 0.6) is 0 Å². The Bertz CT molecular complexity index is 2500. The van der Waals surface area contributed by atoms with E-state index in [-0.39, 0.29) is 0 Å². The van der Waals surface area contributed by atoms with Crippen LogP contribution in [0.15, 0.2) is 182 Å². The maximum absolute atomic E-state index is 2.43. The van der Waals surface area contributed by atoms with Gasteiger partial charge in [0.1, 0.15) is 0 Å². The van der Waals surface area contributed by atoms with E-state index < -0.39 is 0 Å². The molecule has 46 heavy (non-hydrogen) atoms. The molecule has 0 N–H and O–H groups in total. The number of fused-ring (bicyclic) bond motifs is 4. The van der Waals surface area contributed by atoms with Crippen molar-refractivity contribution in [3.8, 4) is 44.5 Å². The second-order valence-electron chi connectivity index (χ2n) is 12.0. The van der Waals surface area contributed by atoms with Gasteiger partial charge >= 0.3 is 0 Å². The number of rotatable bonds is 4. The molecule has 0 saturated heterocycles. The topological polar surface area (TPSA) is 0 Å². The quantitative estimate of drug-likeness (QED) is 0.181. The molecule has 0 fully saturated rings. The summed E-state index contributed by atoms with van der Waals surface area (Å²) in [6, 6.07) is 66.6. The van der Waals surface area contributed by atoms with Crippen molar-refractivity contribution in [2.24, 2.45) is 0 Å². The predicted molar refractivity (Wildman–Crippen MR) is 198 cm³/mol. The lowest BCUT2D eigenvalue weighted by Gasteiger charge is -2.21. The van der Waals surface area contributed by atoms with Crippen molar-refractivity contribution < 1.29 is 0 Å². The van der Waals surface area contributed by atoms with Crippen LogP contribution in [0.4, 0.5) is 0 Å². The molecule has 0 bridgehead atoms. The Balaban J connectivity index is 1.42. The first-order chi connectivity index (χ1) is 22.8. The maximum atomic E-state index is 2.43. The van der Waals surface area contributed by atoms with Crippen LogP contribution in [0.2, 0.25) is 0 Å². The predicted octanol–water partition coefficient (Wildman–Crippen LogP) is 13.0. The van der Waals surface area contributed by atoms with Crippen LogP contribution in [0.1, 0.15) is 0 Å². The van der Waals surface area contributed by atoms with Gasteiger partial charge in [-0.2, -0.15) is 0 Å². The molecule has 0 spiro atoms. The molecule has 9 aromatic rings. The standard InChI is InChI=1S/C46H30/c1-2-14-31(15-3-1)38-29-28-34(37-26-12-18-32-16-4-6-20-35(32)37)30-44(38)46-42-24-10-8-22-40(42)45(41-23-9-11-25-43(41)46)39-27-13-19-33-17-5-7-21-36(33)39/h1-30H. The van der Waals surface area contributed by atoms with Gasteiger partial charge in [0.15, 0.2) is 0 Å². The molecular formula is C46H30. The highest BCUT2D eigenvalue weighted by Gasteiger charge is 2.20. The van der Waals surface area contributed by atoms with Gasteiger partial charge in [-0.3, -0.25) is 0 Å². The number of hydrogen-bond acceptors (Lipinski definition) is 0. The smallest absolute Gasteiger partial charge is 0.00199 e. The van der Waals surface area contributed by atoms with Gasteiger partial charge in [0, 0.05) is 0 Å². The van der Waals surface area contributed by atoms with Gasteiger partial charge in [-0.15, -0.1) is 0 Å². The lowest BCUT2D eigenvalue weighted by Crippen LogP contribution is -1.94. The molecule has 214 valence electrons. The fourth-order valence-electron chi connectivity index (χ4n) is 7.42. The Morgan fingerprint density at radius 1 is 0.217 bits per heavy atom. The second kappa shape index (κ2) is 10.9. The van der Waals surface area contributed by atoms with Crippen molar-refractivity contribution in [1.82, 2.24) is 0 Å². The van der Waals surface area contributed by atoms with Gasteiger partial charge in [0.25, 0.3) is 0 Å². The first-order valence-electron chi connectivity index (χ1n) is 15.9. The summed E-state index contributed by atoms with van der Waals surface area (Å²) < 4.78 is 0. The van der Waals surface area contributed by atoms with E-state index in [0.717, 1.165) is 0 Å². The Hall–Kier alpha value is -5.98. The minimum absolute atomic E-state index is 1.22. The summed E-state index contributed by atoms with van der Waals surface area (Å²) in [5.74, 6) is 0. The Kier molecular flexibility index (Phi) is 6.25. The van der Waals surface area contributed by atoms with E-state index in [1.54, 1.807) is 0 Å². The molecule has 0 nitrogen and oxygen atoms in total. The van der Waals surface area contributed by atoms with Gasteiger partial charge in [-0.05, 0) is 93.7 Å². The largest absolute Gasteiger partial charge is 0.0622 e. The molecule has 0 heteroatoms. The molecule has 0 radical (unpaired) electrons. The van der Waals surface area contributed by atoms with Gasteiger partial charge in [0.05, 0.1) is 0 Å². The molecule has 0 heterocycles. The van der Waals surface area contributed by atoms with E-state index in [9.17, 15) is 0 Å². The van der Waals surface area contributed by atoms with Crippen LogP contribution >= 0.6 is 0 Å². The summed E-state index contributed by atoms with van der Waals surface area (Å²) in [5.41, 5.74) is 10.00. The summed E-state index contributed by atoms with van der Waals surface area (Å²) >= 11 is 0. The molecule has 0 unspecified atom stereocenters. The van der Waals surface area contributed by atoms with E-state index >= 15 is 0 Å². The lowest BCUT2D eigenvalue weighted by molar-refractivity contribution is 1.59. The molecule has 0 amide bonds. The zero-order valence-corrected chi connectivity index (χ0v) is 25.3. The Labute approximate surface area is 268 Å². The molecule has 0 atom stereocenters. The van der Waals surface area contributed by atoms with Crippen molar-refractivity contribution in [2.75, 3.05) is 0 Å². The molecule has 0 aliphatic carbocycles. The second-order valence-corrected chi connectivity index (χ2v) is 12.0. The van der Waals surface area contributed by atoms with Crippen LogP contribution in [0.3, 0.4) is 0 Å². The molecule has 0 aliphatic heterocycles.